The Balaban J connectivity index is 1.83. The highest BCUT2D eigenvalue weighted by Crippen LogP contribution is 2.14. The number of nitrogens with zero attached hydrogens (tertiary/aromatic N) is 1. The molecule has 1 aromatic rings. The van der Waals surface area contributed by atoms with E-state index in [2.05, 4.69) is 29.4 Å². The van der Waals surface area contributed by atoms with E-state index in [0.29, 0.717) is 6.04 Å². The summed E-state index contributed by atoms with van der Waals surface area (Å²) < 4.78 is 10.7. The summed E-state index contributed by atoms with van der Waals surface area (Å²) in [6, 6.07) is 8.66. The molecule has 1 N–H and O–H groups in total. The SMILES string of the molecule is COc1cccc(CN(C)CC2COCCN2)c1. The lowest BCUT2D eigenvalue weighted by Crippen LogP contribution is -2.47. The molecule has 0 bridgehead atoms. The third-order valence-electron chi connectivity index (χ3n) is 3.12. The van der Waals surface area contributed by atoms with E-state index in [1.807, 2.05) is 12.1 Å². The molecule has 1 fully saturated rings. The summed E-state index contributed by atoms with van der Waals surface area (Å²) in [5, 5.41) is 3.47. The summed E-state index contributed by atoms with van der Waals surface area (Å²) >= 11 is 0. The van der Waals surface area contributed by atoms with Crippen LogP contribution in [0.5, 0.6) is 5.75 Å². The Kier molecular flexibility index (Phi) is 4.99. The summed E-state index contributed by atoms with van der Waals surface area (Å²) in [5.41, 5.74) is 1.27. The number of rotatable bonds is 5. The standard InChI is InChI=1S/C14H22N2O2/c1-16(10-13-11-18-7-6-15-13)9-12-4-3-5-14(8-12)17-2/h3-5,8,13,15H,6-7,9-11H2,1-2H3. The first kappa shape index (κ1) is 13.3. The molecular weight excluding hydrogens is 228 g/mol. The Labute approximate surface area is 109 Å². The zero-order valence-corrected chi connectivity index (χ0v) is 11.2. The fraction of sp³-hybridized carbons (Fsp3) is 0.571. The maximum Gasteiger partial charge on any atom is 0.119 e. The topological polar surface area (TPSA) is 33.7 Å². The normalized spacial score (nSPS) is 20.1. The molecule has 1 atom stereocenters. The molecule has 18 heavy (non-hydrogen) atoms. The van der Waals surface area contributed by atoms with E-state index in [1.54, 1.807) is 7.11 Å². The van der Waals surface area contributed by atoms with Gasteiger partial charge in [-0.2, -0.15) is 0 Å². The first-order valence-corrected chi connectivity index (χ1v) is 6.40. The second-order valence-corrected chi connectivity index (χ2v) is 4.77. The Morgan fingerprint density at radius 3 is 3.11 bits per heavy atom. The fourth-order valence-corrected chi connectivity index (χ4v) is 2.26. The van der Waals surface area contributed by atoms with Crippen molar-refractivity contribution in [3.8, 4) is 5.75 Å². The molecule has 1 unspecified atom stereocenters. The predicted molar refractivity (Wildman–Crippen MR) is 71.9 cm³/mol. The Morgan fingerprint density at radius 2 is 2.39 bits per heavy atom. The average molecular weight is 250 g/mol. The molecule has 2 rings (SSSR count). The monoisotopic (exact) mass is 250 g/mol. The van der Waals surface area contributed by atoms with Crippen molar-refractivity contribution in [1.82, 2.24) is 10.2 Å². The van der Waals surface area contributed by atoms with Crippen molar-refractivity contribution in [2.24, 2.45) is 0 Å². The van der Waals surface area contributed by atoms with Gasteiger partial charge in [-0.05, 0) is 24.7 Å². The number of hydrogen-bond donors (Lipinski definition) is 1. The molecule has 0 aromatic heterocycles. The van der Waals surface area contributed by atoms with Crippen LogP contribution in [0, 0.1) is 0 Å². The highest BCUT2D eigenvalue weighted by molar-refractivity contribution is 5.28. The molecule has 4 nitrogen and oxygen atoms in total. The van der Waals surface area contributed by atoms with Gasteiger partial charge >= 0.3 is 0 Å². The van der Waals surface area contributed by atoms with Crippen LogP contribution in [0.1, 0.15) is 5.56 Å². The summed E-state index contributed by atoms with van der Waals surface area (Å²) in [7, 11) is 3.84. The zero-order chi connectivity index (χ0) is 12.8. The van der Waals surface area contributed by atoms with Crippen LogP contribution in [-0.2, 0) is 11.3 Å². The van der Waals surface area contributed by atoms with Crippen LogP contribution in [0.15, 0.2) is 24.3 Å². The van der Waals surface area contributed by atoms with Gasteiger partial charge in [-0.1, -0.05) is 12.1 Å². The largest absolute Gasteiger partial charge is 0.497 e. The number of hydrogen-bond acceptors (Lipinski definition) is 4. The van der Waals surface area contributed by atoms with Crippen molar-refractivity contribution in [1.29, 1.82) is 0 Å². The van der Waals surface area contributed by atoms with E-state index in [0.717, 1.165) is 38.6 Å². The zero-order valence-electron chi connectivity index (χ0n) is 11.2. The van der Waals surface area contributed by atoms with Crippen molar-refractivity contribution < 1.29 is 9.47 Å². The van der Waals surface area contributed by atoms with Gasteiger partial charge in [0.2, 0.25) is 0 Å². The third kappa shape index (κ3) is 3.98. The molecule has 1 aliphatic rings. The smallest absolute Gasteiger partial charge is 0.119 e. The molecule has 0 amide bonds. The van der Waals surface area contributed by atoms with E-state index in [4.69, 9.17) is 9.47 Å². The number of morpholine rings is 1. The molecule has 1 aromatic carbocycles. The van der Waals surface area contributed by atoms with Crippen molar-refractivity contribution in [3.05, 3.63) is 29.8 Å². The van der Waals surface area contributed by atoms with Gasteiger partial charge in [0.25, 0.3) is 0 Å². The molecule has 1 heterocycles. The summed E-state index contributed by atoms with van der Waals surface area (Å²) in [6.07, 6.45) is 0. The lowest BCUT2D eigenvalue weighted by molar-refractivity contribution is 0.0645. The van der Waals surface area contributed by atoms with Crippen molar-refractivity contribution in [3.63, 3.8) is 0 Å². The Morgan fingerprint density at radius 1 is 1.50 bits per heavy atom. The molecule has 100 valence electrons. The van der Waals surface area contributed by atoms with Crippen LogP contribution >= 0.6 is 0 Å². The Bertz CT molecular complexity index is 365. The molecule has 0 radical (unpaired) electrons. The minimum atomic E-state index is 0.439. The maximum atomic E-state index is 5.46. The lowest BCUT2D eigenvalue weighted by atomic mass is 10.2. The van der Waals surface area contributed by atoms with Gasteiger partial charge < -0.3 is 19.7 Å². The van der Waals surface area contributed by atoms with Crippen LogP contribution < -0.4 is 10.1 Å². The second-order valence-electron chi connectivity index (χ2n) is 4.77. The maximum absolute atomic E-state index is 5.46. The lowest BCUT2D eigenvalue weighted by Gasteiger charge is -2.28. The van der Waals surface area contributed by atoms with Gasteiger partial charge in [-0.15, -0.1) is 0 Å². The quantitative estimate of drug-likeness (QED) is 0.849. The van der Waals surface area contributed by atoms with Gasteiger partial charge in [0.05, 0.1) is 20.3 Å². The molecule has 1 saturated heterocycles. The van der Waals surface area contributed by atoms with Crippen molar-refractivity contribution >= 4 is 0 Å². The van der Waals surface area contributed by atoms with Crippen LogP contribution in [0.2, 0.25) is 0 Å². The number of ether oxygens (including phenoxy) is 2. The predicted octanol–water partition coefficient (Wildman–Crippen LogP) is 1.12. The fourth-order valence-electron chi connectivity index (χ4n) is 2.26. The van der Waals surface area contributed by atoms with Gasteiger partial charge in [0, 0.05) is 25.7 Å². The minimum Gasteiger partial charge on any atom is -0.497 e. The highest BCUT2D eigenvalue weighted by Gasteiger charge is 2.15. The number of benzene rings is 1. The van der Waals surface area contributed by atoms with E-state index < -0.39 is 0 Å². The first-order valence-electron chi connectivity index (χ1n) is 6.40. The summed E-state index contributed by atoms with van der Waals surface area (Å²) in [6.45, 7) is 4.52. The minimum absolute atomic E-state index is 0.439. The van der Waals surface area contributed by atoms with Crippen LogP contribution in [0.4, 0.5) is 0 Å². The van der Waals surface area contributed by atoms with Gasteiger partial charge in [0.1, 0.15) is 5.75 Å². The second kappa shape index (κ2) is 6.73. The van der Waals surface area contributed by atoms with Crippen LogP contribution in [-0.4, -0.2) is 51.4 Å². The van der Waals surface area contributed by atoms with Gasteiger partial charge in [-0.25, -0.2) is 0 Å². The van der Waals surface area contributed by atoms with E-state index >= 15 is 0 Å². The molecule has 0 aliphatic carbocycles. The molecule has 0 saturated carbocycles. The Hall–Kier alpha value is -1.10. The summed E-state index contributed by atoms with van der Waals surface area (Å²) in [4.78, 5) is 2.31. The van der Waals surface area contributed by atoms with Crippen LogP contribution in [0.25, 0.3) is 0 Å². The van der Waals surface area contributed by atoms with Gasteiger partial charge in [0.15, 0.2) is 0 Å². The molecule has 4 heteroatoms. The van der Waals surface area contributed by atoms with Crippen LogP contribution in [0.3, 0.4) is 0 Å². The third-order valence-corrected chi connectivity index (χ3v) is 3.12. The average Bonchev–Trinajstić information content (AvgIpc) is 2.40. The molecule has 1 aliphatic heterocycles. The van der Waals surface area contributed by atoms with E-state index in [1.165, 1.54) is 5.56 Å². The van der Waals surface area contributed by atoms with Gasteiger partial charge in [-0.3, -0.25) is 0 Å². The highest BCUT2D eigenvalue weighted by atomic mass is 16.5. The van der Waals surface area contributed by atoms with Crippen molar-refractivity contribution in [2.75, 3.05) is 40.5 Å². The first-order chi connectivity index (χ1) is 8.78. The number of methoxy groups -OCH3 is 1. The van der Waals surface area contributed by atoms with Crippen molar-refractivity contribution in [2.45, 2.75) is 12.6 Å². The number of likely N-dealkylation sites (N-methyl/N-ethyl adjacent to an activating group) is 1. The van der Waals surface area contributed by atoms with E-state index in [9.17, 15) is 0 Å². The number of nitrogens with one attached hydrogen (secondary N) is 1. The molecular formula is C14H22N2O2. The molecule has 0 spiro atoms. The van der Waals surface area contributed by atoms with E-state index in [-0.39, 0.29) is 0 Å². The summed E-state index contributed by atoms with van der Waals surface area (Å²) in [5.74, 6) is 0.917.